The number of aromatic nitrogens is 3. The Kier molecular flexibility index (Phi) is 5.38. The van der Waals surface area contributed by atoms with E-state index in [1.165, 1.54) is 25.7 Å². The van der Waals surface area contributed by atoms with E-state index in [1.807, 2.05) is 4.68 Å². The molecule has 21 heavy (non-hydrogen) atoms. The molecule has 120 valence electrons. The Morgan fingerprint density at radius 3 is 2.67 bits per heavy atom. The summed E-state index contributed by atoms with van der Waals surface area (Å²) in [6.45, 7) is 9.25. The second kappa shape index (κ2) is 6.88. The van der Waals surface area contributed by atoms with E-state index in [9.17, 15) is 0 Å². The summed E-state index contributed by atoms with van der Waals surface area (Å²) in [7, 11) is 2.19. The van der Waals surface area contributed by atoms with Gasteiger partial charge in [0, 0.05) is 18.6 Å². The molecule has 1 fully saturated rings. The van der Waals surface area contributed by atoms with Crippen molar-refractivity contribution in [1.29, 1.82) is 0 Å². The lowest BCUT2D eigenvalue weighted by molar-refractivity contribution is 0.0582. The monoisotopic (exact) mass is 293 g/mol. The van der Waals surface area contributed by atoms with Gasteiger partial charge >= 0.3 is 0 Å². The van der Waals surface area contributed by atoms with Crippen LogP contribution in [0.2, 0.25) is 0 Å². The van der Waals surface area contributed by atoms with Crippen molar-refractivity contribution in [2.75, 3.05) is 13.6 Å². The van der Waals surface area contributed by atoms with Crippen LogP contribution in [-0.2, 0) is 13.1 Å². The lowest BCUT2D eigenvalue weighted by atomic mass is 9.76. The van der Waals surface area contributed by atoms with Crippen LogP contribution in [0.5, 0.6) is 0 Å². The Balaban J connectivity index is 2.06. The van der Waals surface area contributed by atoms with Gasteiger partial charge in [0.15, 0.2) is 0 Å². The third-order valence-electron chi connectivity index (χ3n) is 5.01. The maximum absolute atomic E-state index is 6.15. The van der Waals surface area contributed by atoms with E-state index < -0.39 is 0 Å². The Labute approximate surface area is 128 Å². The van der Waals surface area contributed by atoms with Crippen LogP contribution in [0.1, 0.15) is 52.3 Å². The molecule has 1 saturated carbocycles. The summed E-state index contributed by atoms with van der Waals surface area (Å²) in [5.41, 5.74) is 6.29. The molecule has 0 amide bonds. The second-order valence-corrected chi connectivity index (χ2v) is 7.22. The highest BCUT2D eigenvalue weighted by atomic mass is 15.4. The first-order valence-electron chi connectivity index (χ1n) is 8.25. The summed E-state index contributed by atoms with van der Waals surface area (Å²) in [5.74, 6) is 2.47. The van der Waals surface area contributed by atoms with Gasteiger partial charge in [-0.1, -0.05) is 20.8 Å². The van der Waals surface area contributed by atoms with Gasteiger partial charge in [0.05, 0.1) is 6.54 Å². The van der Waals surface area contributed by atoms with Gasteiger partial charge < -0.3 is 5.73 Å². The maximum Gasteiger partial charge on any atom is 0.141 e. The zero-order valence-electron chi connectivity index (χ0n) is 14.0. The van der Waals surface area contributed by atoms with Crippen molar-refractivity contribution in [2.45, 2.75) is 65.1 Å². The third-order valence-corrected chi connectivity index (χ3v) is 5.01. The van der Waals surface area contributed by atoms with Crippen molar-refractivity contribution in [3.05, 3.63) is 12.2 Å². The first kappa shape index (κ1) is 16.4. The van der Waals surface area contributed by atoms with E-state index >= 15 is 0 Å². The molecule has 0 atom stereocenters. The van der Waals surface area contributed by atoms with Crippen LogP contribution in [0.25, 0.3) is 0 Å². The zero-order chi connectivity index (χ0) is 15.5. The molecule has 0 unspecified atom stereocenters. The standard InChI is InChI=1S/C16H31N5/c1-13(2)9-21-15(18-12-19-21)10-20(4)16(11-17)7-5-14(3)6-8-16/h12-14H,5-11,17H2,1-4H3. The van der Waals surface area contributed by atoms with Gasteiger partial charge in [-0.25, -0.2) is 9.67 Å². The number of hydrogen-bond donors (Lipinski definition) is 1. The fraction of sp³-hybridized carbons (Fsp3) is 0.875. The molecule has 2 rings (SSSR count). The summed E-state index contributed by atoms with van der Waals surface area (Å²) < 4.78 is 2.04. The highest BCUT2D eigenvalue weighted by Crippen LogP contribution is 2.35. The molecule has 0 saturated heterocycles. The van der Waals surface area contributed by atoms with Crippen LogP contribution in [-0.4, -0.2) is 38.8 Å². The van der Waals surface area contributed by atoms with Crippen LogP contribution in [0, 0.1) is 11.8 Å². The summed E-state index contributed by atoms with van der Waals surface area (Å²) in [6, 6.07) is 0. The zero-order valence-corrected chi connectivity index (χ0v) is 14.0. The molecule has 0 aliphatic heterocycles. The Bertz CT molecular complexity index is 432. The SMILES string of the molecule is CC(C)Cn1ncnc1CN(C)C1(CN)CCC(C)CC1. The molecule has 1 aliphatic carbocycles. The quantitative estimate of drug-likeness (QED) is 0.874. The fourth-order valence-corrected chi connectivity index (χ4v) is 3.33. The molecule has 0 radical (unpaired) electrons. The van der Waals surface area contributed by atoms with Crippen molar-refractivity contribution in [3.63, 3.8) is 0 Å². The van der Waals surface area contributed by atoms with Gasteiger partial charge in [0.25, 0.3) is 0 Å². The van der Waals surface area contributed by atoms with Gasteiger partial charge in [-0.15, -0.1) is 0 Å². The molecule has 1 heterocycles. The largest absolute Gasteiger partial charge is 0.329 e. The van der Waals surface area contributed by atoms with Crippen molar-refractivity contribution in [1.82, 2.24) is 19.7 Å². The second-order valence-electron chi connectivity index (χ2n) is 7.22. The summed E-state index contributed by atoms with van der Waals surface area (Å²) in [5, 5.41) is 4.36. The summed E-state index contributed by atoms with van der Waals surface area (Å²) >= 11 is 0. The molecule has 1 aliphatic rings. The van der Waals surface area contributed by atoms with Crippen molar-refractivity contribution in [3.8, 4) is 0 Å². The topological polar surface area (TPSA) is 60.0 Å². The lowest BCUT2D eigenvalue weighted by Gasteiger charge is -2.45. The van der Waals surface area contributed by atoms with Gasteiger partial charge in [-0.2, -0.15) is 5.10 Å². The van der Waals surface area contributed by atoms with E-state index in [1.54, 1.807) is 6.33 Å². The number of nitrogens with two attached hydrogens (primary N) is 1. The maximum atomic E-state index is 6.15. The molecule has 1 aromatic rings. The molecular formula is C16H31N5. The average Bonchev–Trinajstić information content (AvgIpc) is 2.86. The van der Waals surface area contributed by atoms with Crippen molar-refractivity contribution >= 4 is 0 Å². The first-order chi connectivity index (χ1) is 9.97. The van der Waals surface area contributed by atoms with Crippen molar-refractivity contribution in [2.24, 2.45) is 17.6 Å². The van der Waals surface area contributed by atoms with Crippen LogP contribution in [0.4, 0.5) is 0 Å². The molecule has 5 nitrogen and oxygen atoms in total. The minimum absolute atomic E-state index is 0.140. The van der Waals surface area contributed by atoms with E-state index in [0.717, 1.165) is 31.4 Å². The van der Waals surface area contributed by atoms with Crippen LogP contribution >= 0.6 is 0 Å². The normalized spacial score (nSPS) is 26.7. The number of rotatable bonds is 6. The summed E-state index contributed by atoms with van der Waals surface area (Å²) in [4.78, 5) is 6.87. The predicted octanol–water partition coefficient (Wildman–Crippen LogP) is 2.27. The number of likely N-dealkylation sites (N-methyl/N-ethyl adjacent to an activating group) is 1. The summed E-state index contributed by atoms with van der Waals surface area (Å²) in [6.07, 6.45) is 6.61. The molecule has 0 bridgehead atoms. The van der Waals surface area contributed by atoms with Gasteiger partial charge in [0.1, 0.15) is 12.2 Å². The molecule has 0 spiro atoms. The van der Waals surface area contributed by atoms with Crippen molar-refractivity contribution < 1.29 is 0 Å². The minimum Gasteiger partial charge on any atom is -0.329 e. The van der Waals surface area contributed by atoms with Gasteiger partial charge in [-0.05, 0) is 44.6 Å². The highest BCUT2D eigenvalue weighted by molar-refractivity contribution is 4.97. The Morgan fingerprint density at radius 2 is 2.10 bits per heavy atom. The minimum atomic E-state index is 0.140. The number of hydrogen-bond acceptors (Lipinski definition) is 4. The smallest absolute Gasteiger partial charge is 0.141 e. The van der Waals surface area contributed by atoms with E-state index in [4.69, 9.17) is 5.73 Å². The van der Waals surface area contributed by atoms with Gasteiger partial charge in [0.2, 0.25) is 0 Å². The van der Waals surface area contributed by atoms with E-state index in [2.05, 4.69) is 42.8 Å². The first-order valence-corrected chi connectivity index (χ1v) is 8.25. The highest BCUT2D eigenvalue weighted by Gasteiger charge is 2.37. The predicted molar refractivity (Wildman–Crippen MR) is 85.7 cm³/mol. The molecule has 1 aromatic heterocycles. The van der Waals surface area contributed by atoms with E-state index in [-0.39, 0.29) is 5.54 Å². The Morgan fingerprint density at radius 1 is 1.43 bits per heavy atom. The van der Waals surface area contributed by atoms with Crippen LogP contribution in [0.15, 0.2) is 6.33 Å². The lowest BCUT2D eigenvalue weighted by Crippen LogP contribution is -2.53. The molecule has 0 aromatic carbocycles. The van der Waals surface area contributed by atoms with Crippen LogP contribution < -0.4 is 5.73 Å². The average molecular weight is 293 g/mol. The Hall–Kier alpha value is -0.940. The molecule has 5 heteroatoms. The van der Waals surface area contributed by atoms with Crippen LogP contribution in [0.3, 0.4) is 0 Å². The van der Waals surface area contributed by atoms with Gasteiger partial charge in [-0.3, -0.25) is 4.90 Å². The van der Waals surface area contributed by atoms with E-state index in [0.29, 0.717) is 5.92 Å². The number of nitrogens with zero attached hydrogens (tertiary/aromatic N) is 4. The molecule has 2 N–H and O–H groups in total. The third kappa shape index (κ3) is 3.83. The fourth-order valence-electron chi connectivity index (χ4n) is 3.33. The molecular weight excluding hydrogens is 262 g/mol.